The number of benzene rings is 1. The van der Waals surface area contributed by atoms with Crippen LogP contribution >= 0.6 is 15.9 Å². The maximum absolute atomic E-state index is 13.0. The summed E-state index contributed by atoms with van der Waals surface area (Å²) in [6.07, 6.45) is 0.637. The summed E-state index contributed by atoms with van der Waals surface area (Å²) in [6.45, 7) is 2.35. The first kappa shape index (κ1) is 13.3. The number of carbonyl (C=O) groups excluding carboxylic acids is 1. The Kier molecular flexibility index (Phi) is 5.09. The molecule has 2 nitrogen and oxygen atoms in total. The minimum atomic E-state index is -0.398. The monoisotopic (exact) mass is 288 g/mol. The zero-order valence-corrected chi connectivity index (χ0v) is 10.9. The Balaban J connectivity index is 2.83. The van der Waals surface area contributed by atoms with Crippen LogP contribution in [0.4, 0.5) is 4.39 Å². The predicted octanol–water partition coefficient (Wildman–Crippen LogP) is 3.44. The van der Waals surface area contributed by atoms with E-state index in [0.717, 1.165) is 0 Å². The second-order valence-electron chi connectivity index (χ2n) is 3.67. The molecular weight excluding hydrogens is 275 g/mol. The van der Waals surface area contributed by atoms with Crippen molar-refractivity contribution < 1.29 is 13.9 Å². The number of rotatable bonds is 5. The van der Waals surface area contributed by atoms with Gasteiger partial charge in [0, 0.05) is 29.7 Å². The maximum atomic E-state index is 13.0. The number of ether oxygens (including phenoxy) is 1. The molecule has 0 spiro atoms. The van der Waals surface area contributed by atoms with Crippen LogP contribution in [-0.2, 0) is 4.74 Å². The van der Waals surface area contributed by atoms with Crippen molar-refractivity contribution in [3.63, 3.8) is 0 Å². The van der Waals surface area contributed by atoms with Gasteiger partial charge in [-0.3, -0.25) is 4.79 Å². The summed E-state index contributed by atoms with van der Waals surface area (Å²) in [4.78, 5) is 12.0. The van der Waals surface area contributed by atoms with Crippen molar-refractivity contribution in [2.45, 2.75) is 13.3 Å². The molecule has 0 bridgehead atoms. The quantitative estimate of drug-likeness (QED) is 0.776. The van der Waals surface area contributed by atoms with Gasteiger partial charge in [0.2, 0.25) is 0 Å². The van der Waals surface area contributed by atoms with Gasteiger partial charge in [-0.05, 0) is 24.6 Å². The Morgan fingerprint density at radius 1 is 1.56 bits per heavy atom. The zero-order chi connectivity index (χ0) is 12.1. The van der Waals surface area contributed by atoms with Crippen molar-refractivity contribution in [1.82, 2.24) is 0 Å². The Morgan fingerprint density at radius 2 is 2.25 bits per heavy atom. The number of halogens is 2. The molecule has 16 heavy (non-hydrogen) atoms. The third kappa shape index (κ3) is 3.39. The average Bonchev–Trinajstić information content (AvgIpc) is 2.28. The van der Waals surface area contributed by atoms with E-state index in [-0.39, 0.29) is 11.7 Å². The summed E-state index contributed by atoms with van der Waals surface area (Å²) in [6, 6.07) is 4.13. The number of methoxy groups -OCH3 is 1. The van der Waals surface area contributed by atoms with E-state index in [1.807, 2.05) is 6.92 Å². The van der Waals surface area contributed by atoms with Crippen LogP contribution < -0.4 is 0 Å². The van der Waals surface area contributed by atoms with E-state index in [4.69, 9.17) is 4.74 Å². The third-order valence-corrected chi connectivity index (χ3v) is 3.09. The van der Waals surface area contributed by atoms with Crippen molar-refractivity contribution in [2.24, 2.45) is 5.92 Å². The fourth-order valence-corrected chi connectivity index (χ4v) is 1.82. The molecule has 0 aromatic heterocycles. The van der Waals surface area contributed by atoms with E-state index in [2.05, 4.69) is 15.9 Å². The number of ketones is 1. The molecular formula is C12H14BrFO2. The van der Waals surface area contributed by atoms with Gasteiger partial charge in [0.25, 0.3) is 0 Å². The summed E-state index contributed by atoms with van der Waals surface area (Å²) >= 11 is 3.25. The number of hydrogen-bond acceptors (Lipinski definition) is 2. The Morgan fingerprint density at radius 3 is 2.88 bits per heavy atom. The molecule has 4 heteroatoms. The van der Waals surface area contributed by atoms with Gasteiger partial charge in [-0.25, -0.2) is 4.39 Å². The smallest absolute Gasteiger partial charge is 0.166 e. The van der Waals surface area contributed by atoms with Crippen LogP contribution in [0.25, 0.3) is 0 Å². The van der Waals surface area contributed by atoms with Crippen LogP contribution in [0, 0.1) is 11.7 Å². The molecule has 0 radical (unpaired) electrons. The molecule has 1 aromatic carbocycles. The topological polar surface area (TPSA) is 26.3 Å². The largest absolute Gasteiger partial charge is 0.385 e. The molecule has 0 heterocycles. The SMILES string of the molecule is COCCC(C)C(=O)c1cc(F)ccc1Br. The van der Waals surface area contributed by atoms with E-state index in [0.29, 0.717) is 23.1 Å². The van der Waals surface area contributed by atoms with Crippen LogP contribution in [0.2, 0.25) is 0 Å². The molecule has 1 rings (SSSR count). The molecule has 0 saturated carbocycles. The van der Waals surface area contributed by atoms with Crippen LogP contribution in [-0.4, -0.2) is 19.5 Å². The molecule has 1 atom stereocenters. The van der Waals surface area contributed by atoms with E-state index < -0.39 is 5.82 Å². The Hall–Kier alpha value is -0.740. The normalized spacial score (nSPS) is 12.5. The summed E-state index contributed by atoms with van der Waals surface area (Å²) < 4.78 is 18.6. The molecule has 1 unspecified atom stereocenters. The Labute approximate surface area is 103 Å². The highest BCUT2D eigenvalue weighted by atomic mass is 79.9. The highest BCUT2D eigenvalue weighted by Gasteiger charge is 2.17. The minimum Gasteiger partial charge on any atom is -0.385 e. The Bertz CT molecular complexity index is 379. The maximum Gasteiger partial charge on any atom is 0.166 e. The van der Waals surface area contributed by atoms with Crippen LogP contribution in [0.15, 0.2) is 22.7 Å². The highest BCUT2D eigenvalue weighted by molar-refractivity contribution is 9.10. The average molecular weight is 289 g/mol. The first-order valence-electron chi connectivity index (χ1n) is 5.04. The van der Waals surface area contributed by atoms with Crippen molar-refractivity contribution in [2.75, 3.05) is 13.7 Å². The van der Waals surface area contributed by atoms with Gasteiger partial charge in [0.1, 0.15) is 5.82 Å². The van der Waals surface area contributed by atoms with E-state index >= 15 is 0 Å². The fraction of sp³-hybridized carbons (Fsp3) is 0.417. The van der Waals surface area contributed by atoms with Crippen LogP contribution in [0.1, 0.15) is 23.7 Å². The second kappa shape index (κ2) is 6.11. The van der Waals surface area contributed by atoms with Crippen molar-refractivity contribution >= 4 is 21.7 Å². The lowest BCUT2D eigenvalue weighted by atomic mass is 9.97. The predicted molar refractivity (Wildman–Crippen MR) is 64.1 cm³/mol. The molecule has 88 valence electrons. The van der Waals surface area contributed by atoms with Gasteiger partial charge < -0.3 is 4.74 Å². The van der Waals surface area contributed by atoms with E-state index in [1.165, 1.54) is 12.1 Å². The lowest BCUT2D eigenvalue weighted by Gasteiger charge is -2.11. The molecule has 0 saturated heterocycles. The lowest BCUT2D eigenvalue weighted by molar-refractivity contribution is 0.0892. The fourth-order valence-electron chi connectivity index (χ4n) is 1.38. The van der Waals surface area contributed by atoms with Gasteiger partial charge in [0.05, 0.1) is 0 Å². The number of Topliss-reactive ketones (excluding diaryl/α,β-unsaturated/α-hetero) is 1. The first-order chi connectivity index (χ1) is 7.56. The van der Waals surface area contributed by atoms with Gasteiger partial charge in [0.15, 0.2) is 5.78 Å². The van der Waals surface area contributed by atoms with Gasteiger partial charge >= 0.3 is 0 Å². The summed E-state index contributed by atoms with van der Waals surface area (Å²) in [5.41, 5.74) is 0.392. The number of hydrogen-bond donors (Lipinski definition) is 0. The summed E-state index contributed by atoms with van der Waals surface area (Å²) in [7, 11) is 1.59. The van der Waals surface area contributed by atoms with Gasteiger partial charge in [-0.2, -0.15) is 0 Å². The summed E-state index contributed by atoms with van der Waals surface area (Å²) in [5, 5.41) is 0. The molecule has 0 amide bonds. The van der Waals surface area contributed by atoms with Gasteiger partial charge in [-0.1, -0.05) is 22.9 Å². The van der Waals surface area contributed by atoms with Crippen LogP contribution in [0.5, 0.6) is 0 Å². The second-order valence-corrected chi connectivity index (χ2v) is 4.53. The minimum absolute atomic E-state index is 0.0663. The van der Waals surface area contributed by atoms with Gasteiger partial charge in [-0.15, -0.1) is 0 Å². The standard InChI is InChI=1S/C12H14BrFO2/c1-8(5-6-16-2)12(15)10-7-9(14)3-4-11(10)13/h3-4,7-8H,5-6H2,1-2H3. The summed E-state index contributed by atoms with van der Waals surface area (Å²) in [5.74, 6) is -0.632. The highest BCUT2D eigenvalue weighted by Crippen LogP contribution is 2.22. The van der Waals surface area contributed by atoms with E-state index in [1.54, 1.807) is 13.2 Å². The zero-order valence-electron chi connectivity index (χ0n) is 9.30. The molecule has 0 aliphatic carbocycles. The molecule has 1 aromatic rings. The molecule has 0 N–H and O–H groups in total. The molecule has 0 aliphatic rings. The van der Waals surface area contributed by atoms with Crippen molar-refractivity contribution in [3.8, 4) is 0 Å². The van der Waals surface area contributed by atoms with Crippen molar-refractivity contribution in [1.29, 1.82) is 0 Å². The number of carbonyl (C=O) groups is 1. The first-order valence-corrected chi connectivity index (χ1v) is 5.83. The van der Waals surface area contributed by atoms with E-state index in [9.17, 15) is 9.18 Å². The lowest BCUT2D eigenvalue weighted by Crippen LogP contribution is -2.14. The van der Waals surface area contributed by atoms with Crippen molar-refractivity contribution in [3.05, 3.63) is 34.1 Å². The molecule has 0 aliphatic heterocycles. The third-order valence-electron chi connectivity index (χ3n) is 2.40. The molecule has 0 fully saturated rings. The van der Waals surface area contributed by atoms with Crippen LogP contribution in [0.3, 0.4) is 0 Å².